The van der Waals surface area contributed by atoms with Crippen molar-refractivity contribution in [2.45, 2.75) is 69.9 Å². The Morgan fingerprint density at radius 2 is 1.53 bits per heavy atom. The van der Waals surface area contributed by atoms with Crippen LogP contribution in [0.15, 0.2) is 0 Å². The largest absolute Gasteiger partial charge is 0.390 e. The molecule has 2 saturated carbocycles. The van der Waals surface area contributed by atoms with Gasteiger partial charge in [0.05, 0.1) is 23.4 Å². The van der Waals surface area contributed by atoms with Crippen molar-refractivity contribution in [3.8, 4) is 0 Å². The van der Waals surface area contributed by atoms with Crippen LogP contribution in [-0.2, 0) is 23.9 Å². The fraction of sp³-hybridized carbons (Fsp3) is 0.789. The summed E-state index contributed by atoms with van der Waals surface area (Å²) < 4.78 is 5.44. The number of aliphatic hydroxyl groups excluding tert-OH is 2. The van der Waals surface area contributed by atoms with E-state index < -0.39 is 62.5 Å². The highest BCUT2D eigenvalue weighted by Crippen LogP contribution is 2.67. The quantitative estimate of drug-likeness (QED) is 0.481. The van der Waals surface area contributed by atoms with Crippen LogP contribution in [0, 0.1) is 11.8 Å². The first-order valence-corrected chi connectivity index (χ1v) is 12.0. The molecule has 2 amide bonds. The van der Waals surface area contributed by atoms with Gasteiger partial charge in [0.1, 0.15) is 18.0 Å². The maximum Gasteiger partial charge on any atom is 0.261 e. The lowest BCUT2D eigenvalue weighted by molar-refractivity contribution is -0.173. The van der Waals surface area contributed by atoms with Crippen molar-refractivity contribution in [3.63, 3.8) is 0 Å². The Hall–Kier alpha value is -1.14. The normalized spacial score (nSPS) is 57.4. The molecule has 11 heteroatoms. The van der Waals surface area contributed by atoms with Crippen LogP contribution in [-0.4, -0.2) is 101 Å². The Labute approximate surface area is 179 Å². The molecule has 6 bridgehead atoms. The third-order valence-electron chi connectivity index (χ3n) is 8.42. The number of methoxy groups -OCH3 is 1. The zero-order valence-electron chi connectivity index (χ0n) is 16.0. The lowest BCUT2D eigenvalue weighted by Gasteiger charge is -2.58. The summed E-state index contributed by atoms with van der Waals surface area (Å²) in [5.41, 5.74) is 0. The zero-order chi connectivity index (χ0) is 20.9. The molecular weight excluding hydrogens is 432 g/mol. The molecule has 2 aliphatic carbocycles. The molecule has 0 aromatic carbocycles. The van der Waals surface area contributed by atoms with Gasteiger partial charge in [0, 0.05) is 43.5 Å². The van der Waals surface area contributed by atoms with Crippen LogP contribution in [0.2, 0.25) is 0 Å². The highest BCUT2D eigenvalue weighted by atomic mass is 32.2. The van der Waals surface area contributed by atoms with E-state index in [9.17, 15) is 29.4 Å². The van der Waals surface area contributed by atoms with E-state index in [1.165, 1.54) is 28.7 Å². The molecule has 5 saturated heterocycles. The first-order chi connectivity index (χ1) is 14.3. The fourth-order valence-corrected chi connectivity index (χ4v) is 11.0. The third-order valence-corrected chi connectivity index (χ3v) is 11.8. The van der Waals surface area contributed by atoms with E-state index in [0.29, 0.717) is 0 Å². The van der Waals surface area contributed by atoms with Crippen LogP contribution in [0.1, 0.15) is 19.3 Å². The van der Waals surface area contributed by atoms with Gasteiger partial charge in [0.15, 0.2) is 15.5 Å². The van der Waals surface area contributed by atoms with Crippen LogP contribution in [0.5, 0.6) is 0 Å². The number of ether oxygens (including phenoxy) is 1. The lowest BCUT2D eigenvalue weighted by Crippen LogP contribution is -2.77. The molecule has 30 heavy (non-hydrogen) atoms. The van der Waals surface area contributed by atoms with E-state index in [1.54, 1.807) is 0 Å². The van der Waals surface area contributed by atoms with Gasteiger partial charge in [0.2, 0.25) is 0 Å². The smallest absolute Gasteiger partial charge is 0.261 e. The number of thioether (sulfide) groups is 2. The number of nitrogens with zero attached hydrogens (tertiary/aromatic N) is 2. The van der Waals surface area contributed by atoms with Gasteiger partial charge in [-0.15, -0.1) is 23.5 Å². The minimum absolute atomic E-state index is 0.00214. The van der Waals surface area contributed by atoms with Gasteiger partial charge < -0.3 is 24.7 Å². The molecule has 160 valence electrons. The first-order valence-electron chi connectivity index (χ1n) is 10.3. The number of fused-ring (bicyclic) bond motifs is 3. The summed E-state index contributed by atoms with van der Waals surface area (Å²) >= 11 is 2.33. The van der Waals surface area contributed by atoms with E-state index in [1.807, 2.05) is 0 Å². The number of hydrogen-bond acceptors (Lipinski definition) is 9. The van der Waals surface area contributed by atoms with Gasteiger partial charge in [0.25, 0.3) is 11.8 Å². The molecule has 7 fully saturated rings. The van der Waals surface area contributed by atoms with Crippen LogP contribution in [0.4, 0.5) is 0 Å². The first kappa shape index (κ1) is 18.4. The Bertz CT molecular complexity index is 961. The number of ketones is 2. The third kappa shape index (κ3) is 1.63. The molecule has 7 aliphatic rings. The van der Waals surface area contributed by atoms with Gasteiger partial charge in [-0.3, -0.25) is 19.2 Å². The maximum atomic E-state index is 14.1. The second-order valence-corrected chi connectivity index (χ2v) is 12.4. The Morgan fingerprint density at radius 3 is 2.20 bits per heavy atom. The van der Waals surface area contributed by atoms with Crippen molar-refractivity contribution >= 4 is 46.9 Å². The summed E-state index contributed by atoms with van der Waals surface area (Å²) in [5.74, 6) is -1.85. The van der Waals surface area contributed by atoms with Gasteiger partial charge in [-0.1, -0.05) is 0 Å². The van der Waals surface area contributed by atoms with Crippen molar-refractivity contribution in [1.29, 1.82) is 0 Å². The molecule has 7 rings (SSSR count). The highest BCUT2D eigenvalue weighted by molar-refractivity contribution is 8.03. The number of carbonyl (C=O) groups is 4. The summed E-state index contributed by atoms with van der Waals surface area (Å²) in [6.07, 6.45) is -2.14. The molecule has 0 aromatic heterocycles. The van der Waals surface area contributed by atoms with E-state index in [2.05, 4.69) is 0 Å². The minimum Gasteiger partial charge on any atom is -0.390 e. The summed E-state index contributed by atoms with van der Waals surface area (Å²) in [6, 6.07) is -1.50. The highest BCUT2D eigenvalue weighted by Gasteiger charge is 2.81. The van der Waals surface area contributed by atoms with Crippen molar-refractivity contribution in [3.05, 3.63) is 0 Å². The van der Waals surface area contributed by atoms with Crippen LogP contribution < -0.4 is 0 Å². The fourth-order valence-electron chi connectivity index (χ4n) is 7.29. The monoisotopic (exact) mass is 452 g/mol. The Balaban J connectivity index is 1.43. The van der Waals surface area contributed by atoms with E-state index in [0.717, 1.165) is 11.8 Å². The molecule has 9 nitrogen and oxygen atoms in total. The molecule has 1 spiro atoms. The summed E-state index contributed by atoms with van der Waals surface area (Å²) in [4.78, 5) is 54.4. The van der Waals surface area contributed by atoms with Gasteiger partial charge >= 0.3 is 0 Å². The zero-order valence-corrected chi connectivity index (χ0v) is 17.6. The molecule has 5 heterocycles. The van der Waals surface area contributed by atoms with Crippen LogP contribution in [0.3, 0.4) is 0 Å². The standard InChI is InChI=1S/C19H20N2O7S2/c1-28-14-13(25)10-6-4-19(30-15(14)11(6)23)17(27)20-9-5-3-18(20,16(26)21(10)19)29-8(12(9)24)2-7(5)22/h5-6,8-10,12-15,24-25H,2-4H2,1H3/t5-,6+,8-,9-,10-,12-,13+,14+,15+,18+,19+/m0/s1. The maximum absolute atomic E-state index is 14.1. The van der Waals surface area contributed by atoms with Crippen molar-refractivity contribution in [2.75, 3.05) is 7.11 Å². The molecule has 2 N–H and O–H groups in total. The van der Waals surface area contributed by atoms with Crippen LogP contribution in [0.25, 0.3) is 0 Å². The Kier molecular flexibility index (Phi) is 3.23. The second kappa shape index (κ2) is 5.25. The average molecular weight is 453 g/mol. The minimum atomic E-state index is -1.29. The summed E-state index contributed by atoms with van der Waals surface area (Å²) in [7, 11) is 1.42. The number of piperazine rings is 1. The molecule has 0 radical (unpaired) electrons. The van der Waals surface area contributed by atoms with Crippen molar-refractivity contribution < 1.29 is 34.1 Å². The topological polar surface area (TPSA) is 124 Å². The number of aliphatic hydroxyl groups is 2. The second-order valence-electron chi connectivity index (χ2n) is 9.47. The molecule has 0 unspecified atom stereocenters. The van der Waals surface area contributed by atoms with Crippen molar-refractivity contribution in [2.24, 2.45) is 11.8 Å². The number of hydrogen-bond donors (Lipinski definition) is 2. The molecule has 0 aromatic rings. The van der Waals surface area contributed by atoms with E-state index in [-0.39, 0.29) is 42.6 Å². The SMILES string of the molecule is CO[C@@H]1[C@H](O)[C@@H]2[C@H]3C[C@@]4(S[C@@H]1C3=O)C(=O)N1[C@@H]3[C@@H](O)[C@@H]5CC(=O)[C@@H]3C[C@@]1(S5)C(=O)N24. The van der Waals surface area contributed by atoms with Crippen molar-refractivity contribution in [1.82, 2.24) is 9.80 Å². The van der Waals surface area contributed by atoms with Crippen LogP contribution >= 0.6 is 23.5 Å². The Morgan fingerprint density at radius 1 is 0.933 bits per heavy atom. The molecular formula is C19H20N2O7S2. The average Bonchev–Trinajstić information content (AvgIpc) is 3.08. The molecule has 5 aliphatic heterocycles. The number of amides is 2. The summed E-state index contributed by atoms with van der Waals surface area (Å²) in [6.45, 7) is 0. The number of rotatable bonds is 1. The van der Waals surface area contributed by atoms with E-state index >= 15 is 0 Å². The predicted octanol–water partition coefficient (Wildman–Crippen LogP) is -1.65. The lowest BCUT2D eigenvalue weighted by atomic mass is 9.78. The molecule has 11 atom stereocenters. The summed E-state index contributed by atoms with van der Waals surface area (Å²) in [5, 5.41) is 20.8. The van der Waals surface area contributed by atoms with Gasteiger partial charge in [-0.05, 0) is 0 Å². The number of Topliss-reactive ketones (excluding diaryl/α,β-unsaturated/α-hetero) is 2. The number of carbonyl (C=O) groups excluding carboxylic acids is 4. The predicted molar refractivity (Wildman–Crippen MR) is 103 cm³/mol. The van der Waals surface area contributed by atoms with E-state index in [4.69, 9.17) is 4.74 Å². The van der Waals surface area contributed by atoms with Gasteiger partial charge in [-0.25, -0.2) is 0 Å². The van der Waals surface area contributed by atoms with Gasteiger partial charge in [-0.2, -0.15) is 0 Å².